The Balaban J connectivity index is 1.31. The van der Waals surface area contributed by atoms with Gasteiger partial charge < -0.3 is 14.6 Å². The van der Waals surface area contributed by atoms with E-state index in [9.17, 15) is 4.79 Å². The van der Waals surface area contributed by atoms with Crippen LogP contribution in [0.5, 0.6) is 0 Å². The number of thiazole rings is 1. The topological polar surface area (TPSA) is 81.9 Å². The Morgan fingerprint density at radius 3 is 3.16 bits per heavy atom. The zero-order chi connectivity index (χ0) is 17.1. The van der Waals surface area contributed by atoms with E-state index in [1.54, 1.807) is 6.20 Å². The van der Waals surface area contributed by atoms with Crippen LogP contribution in [0.25, 0.3) is 0 Å². The molecule has 2 aliphatic heterocycles. The number of hydrogen-bond acceptors (Lipinski definition) is 6. The van der Waals surface area contributed by atoms with Gasteiger partial charge in [0.05, 0.1) is 6.20 Å². The predicted octanol–water partition coefficient (Wildman–Crippen LogP) is 2.28. The quantitative estimate of drug-likeness (QED) is 0.883. The van der Waals surface area contributed by atoms with Crippen molar-refractivity contribution in [1.82, 2.24) is 25.1 Å². The number of amides is 1. The Labute approximate surface area is 150 Å². The van der Waals surface area contributed by atoms with Crippen LogP contribution in [-0.2, 0) is 24.1 Å². The minimum Gasteiger partial charge on any atom is -0.371 e. The van der Waals surface area contributed by atoms with E-state index in [-0.39, 0.29) is 12.0 Å². The van der Waals surface area contributed by atoms with Gasteiger partial charge in [0.25, 0.3) is 5.91 Å². The summed E-state index contributed by atoms with van der Waals surface area (Å²) in [6.45, 7) is 2.34. The zero-order valence-corrected chi connectivity index (χ0v) is 15.1. The summed E-state index contributed by atoms with van der Waals surface area (Å²) in [5.74, 6) is 1.99. The number of nitrogens with zero attached hydrogens (tertiary/aromatic N) is 4. The smallest absolute Gasteiger partial charge is 0.263 e. The number of aromatic nitrogens is 4. The molecule has 8 heteroatoms. The average molecular weight is 361 g/mol. The first-order valence-corrected chi connectivity index (χ1v) is 9.89. The second-order valence-corrected chi connectivity index (χ2v) is 7.63. The summed E-state index contributed by atoms with van der Waals surface area (Å²) in [4.78, 5) is 17.3. The number of hydrogen-bond donors (Lipinski definition) is 1. The Morgan fingerprint density at radius 2 is 2.28 bits per heavy atom. The molecule has 1 unspecified atom stereocenters. The van der Waals surface area contributed by atoms with E-state index in [1.165, 1.54) is 30.6 Å². The van der Waals surface area contributed by atoms with E-state index in [0.717, 1.165) is 49.1 Å². The highest BCUT2D eigenvalue weighted by Gasteiger charge is 2.22. The van der Waals surface area contributed by atoms with Gasteiger partial charge in [-0.2, -0.15) is 0 Å². The third kappa shape index (κ3) is 3.74. The third-order valence-corrected chi connectivity index (χ3v) is 5.86. The number of fused-ring (bicyclic) bond motifs is 1. The standard InChI is InChI=1S/C17H23N5O2S/c23-16(13-11-19-17(25-13)12-5-4-10-24-12)18-8-7-15-21-20-14-6-2-1-3-9-22(14)15/h11-12H,1-10H2,(H,18,23). The van der Waals surface area contributed by atoms with Crippen LogP contribution in [0.2, 0.25) is 0 Å². The van der Waals surface area contributed by atoms with Crippen LogP contribution in [0.4, 0.5) is 0 Å². The summed E-state index contributed by atoms with van der Waals surface area (Å²) in [6, 6.07) is 0. The van der Waals surface area contributed by atoms with Crippen molar-refractivity contribution in [1.29, 1.82) is 0 Å². The molecule has 0 aliphatic carbocycles. The van der Waals surface area contributed by atoms with Gasteiger partial charge in [-0.3, -0.25) is 4.79 Å². The minimum absolute atomic E-state index is 0.0676. The molecule has 7 nitrogen and oxygen atoms in total. The molecule has 4 heterocycles. The van der Waals surface area contributed by atoms with Crippen molar-refractivity contribution in [2.75, 3.05) is 13.2 Å². The van der Waals surface area contributed by atoms with Crippen molar-refractivity contribution in [3.8, 4) is 0 Å². The maximum Gasteiger partial charge on any atom is 0.263 e. The fourth-order valence-electron chi connectivity index (χ4n) is 3.42. The number of ether oxygens (including phenoxy) is 1. The molecule has 0 spiro atoms. The molecule has 1 N–H and O–H groups in total. The number of nitrogens with one attached hydrogen (secondary N) is 1. The molecule has 1 fully saturated rings. The fraction of sp³-hybridized carbons (Fsp3) is 0.647. The summed E-state index contributed by atoms with van der Waals surface area (Å²) in [6.07, 6.45) is 9.10. The molecule has 1 saturated heterocycles. The Bertz CT molecular complexity index is 735. The van der Waals surface area contributed by atoms with Crippen molar-refractivity contribution in [2.24, 2.45) is 0 Å². The molecule has 2 aliphatic rings. The van der Waals surface area contributed by atoms with Crippen molar-refractivity contribution < 1.29 is 9.53 Å². The molecular formula is C17H23N5O2S. The van der Waals surface area contributed by atoms with Crippen LogP contribution in [0.3, 0.4) is 0 Å². The molecule has 0 radical (unpaired) electrons. The molecule has 4 rings (SSSR count). The highest BCUT2D eigenvalue weighted by molar-refractivity contribution is 7.13. The molecule has 0 bridgehead atoms. The van der Waals surface area contributed by atoms with Crippen LogP contribution in [-0.4, -0.2) is 38.8 Å². The second kappa shape index (κ2) is 7.61. The second-order valence-electron chi connectivity index (χ2n) is 6.57. The van der Waals surface area contributed by atoms with Gasteiger partial charge in [0, 0.05) is 32.5 Å². The van der Waals surface area contributed by atoms with Crippen molar-refractivity contribution in [2.45, 2.75) is 57.6 Å². The first-order valence-electron chi connectivity index (χ1n) is 9.08. The van der Waals surface area contributed by atoms with E-state index >= 15 is 0 Å². The van der Waals surface area contributed by atoms with Gasteiger partial charge in [0.15, 0.2) is 0 Å². The normalized spacial score (nSPS) is 20.2. The van der Waals surface area contributed by atoms with Gasteiger partial charge in [-0.1, -0.05) is 6.42 Å². The van der Waals surface area contributed by atoms with Crippen LogP contribution in [0, 0.1) is 0 Å². The molecule has 134 valence electrons. The van der Waals surface area contributed by atoms with Crippen LogP contribution in [0.1, 0.15) is 64.5 Å². The lowest BCUT2D eigenvalue weighted by molar-refractivity contribution is 0.0957. The summed E-state index contributed by atoms with van der Waals surface area (Å²) in [7, 11) is 0. The number of aryl methyl sites for hydroxylation is 1. The Kier molecular flexibility index (Phi) is 5.07. The molecule has 1 amide bonds. The molecule has 0 aromatic carbocycles. The van der Waals surface area contributed by atoms with Crippen molar-refractivity contribution >= 4 is 17.2 Å². The number of rotatable bonds is 5. The predicted molar refractivity (Wildman–Crippen MR) is 93.7 cm³/mol. The maximum absolute atomic E-state index is 12.3. The fourth-order valence-corrected chi connectivity index (χ4v) is 4.34. The first-order chi connectivity index (χ1) is 12.3. The van der Waals surface area contributed by atoms with Gasteiger partial charge in [0.2, 0.25) is 0 Å². The number of carbonyl (C=O) groups is 1. The zero-order valence-electron chi connectivity index (χ0n) is 14.2. The third-order valence-electron chi connectivity index (χ3n) is 4.77. The average Bonchev–Trinajstić information content (AvgIpc) is 3.34. The number of carbonyl (C=O) groups excluding carboxylic acids is 1. The molecule has 2 aromatic rings. The lowest BCUT2D eigenvalue weighted by Crippen LogP contribution is -2.26. The van der Waals surface area contributed by atoms with Gasteiger partial charge >= 0.3 is 0 Å². The molecule has 2 aromatic heterocycles. The summed E-state index contributed by atoms with van der Waals surface area (Å²) in [5, 5.41) is 12.5. The van der Waals surface area contributed by atoms with Crippen LogP contribution in [0.15, 0.2) is 6.20 Å². The highest BCUT2D eigenvalue weighted by atomic mass is 32.1. The van der Waals surface area contributed by atoms with E-state index in [0.29, 0.717) is 17.8 Å². The van der Waals surface area contributed by atoms with Crippen molar-refractivity contribution in [3.05, 3.63) is 27.7 Å². The van der Waals surface area contributed by atoms with Crippen LogP contribution < -0.4 is 5.32 Å². The summed E-state index contributed by atoms with van der Waals surface area (Å²) < 4.78 is 7.85. The van der Waals surface area contributed by atoms with Gasteiger partial charge in [-0.25, -0.2) is 4.98 Å². The van der Waals surface area contributed by atoms with E-state index < -0.39 is 0 Å². The Morgan fingerprint density at radius 1 is 1.32 bits per heavy atom. The summed E-state index contributed by atoms with van der Waals surface area (Å²) in [5.41, 5.74) is 0. The van der Waals surface area contributed by atoms with Crippen molar-refractivity contribution in [3.63, 3.8) is 0 Å². The molecular weight excluding hydrogens is 338 g/mol. The minimum atomic E-state index is -0.0719. The van der Waals surface area contributed by atoms with E-state index in [2.05, 4.69) is 25.1 Å². The maximum atomic E-state index is 12.3. The largest absolute Gasteiger partial charge is 0.371 e. The monoisotopic (exact) mass is 361 g/mol. The van der Waals surface area contributed by atoms with Gasteiger partial charge in [-0.05, 0) is 25.7 Å². The highest BCUT2D eigenvalue weighted by Crippen LogP contribution is 2.31. The Hall–Kier alpha value is -1.80. The van der Waals surface area contributed by atoms with E-state index in [1.807, 2.05) is 0 Å². The van der Waals surface area contributed by atoms with Crippen LogP contribution >= 0.6 is 11.3 Å². The lowest BCUT2D eigenvalue weighted by Gasteiger charge is -2.07. The SMILES string of the molecule is O=C(NCCc1nnc2n1CCCCC2)c1cnc(C2CCCO2)s1. The molecule has 25 heavy (non-hydrogen) atoms. The van der Waals surface area contributed by atoms with E-state index in [4.69, 9.17) is 4.74 Å². The van der Waals surface area contributed by atoms with Gasteiger partial charge in [0.1, 0.15) is 27.6 Å². The van der Waals surface area contributed by atoms with Gasteiger partial charge in [-0.15, -0.1) is 21.5 Å². The molecule has 0 saturated carbocycles. The summed E-state index contributed by atoms with van der Waals surface area (Å²) >= 11 is 1.43. The lowest BCUT2D eigenvalue weighted by atomic mass is 10.2. The molecule has 1 atom stereocenters. The first kappa shape index (κ1) is 16.7.